The number of rotatable bonds is 3. The van der Waals surface area contributed by atoms with Crippen LogP contribution < -0.4 is 5.32 Å². The molecule has 68 valence electrons. The van der Waals surface area contributed by atoms with E-state index in [1.807, 2.05) is 13.0 Å². The smallest absolute Gasteiger partial charge is 0.129 e. The van der Waals surface area contributed by atoms with Crippen LogP contribution >= 0.6 is 0 Å². The standard InChI is InChI=1S/C10H11FN2/c1-2-13-10(7-12)8-5-3-4-6-9(8)11/h3-6,10,13H,2H2,1H3. The number of halogens is 1. The number of hydrogen-bond donors (Lipinski definition) is 1. The van der Waals surface area contributed by atoms with Crippen LogP contribution in [0, 0.1) is 17.1 Å². The maximum absolute atomic E-state index is 13.2. The molecule has 13 heavy (non-hydrogen) atoms. The number of nitrogens with zero attached hydrogens (tertiary/aromatic N) is 1. The minimum absolute atomic E-state index is 0.338. The molecule has 0 bridgehead atoms. The number of nitrogens with one attached hydrogen (secondary N) is 1. The van der Waals surface area contributed by atoms with Gasteiger partial charge in [-0.15, -0.1) is 0 Å². The van der Waals surface area contributed by atoms with E-state index >= 15 is 0 Å². The summed E-state index contributed by atoms with van der Waals surface area (Å²) in [5.41, 5.74) is 0.409. The molecule has 0 heterocycles. The summed E-state index contributed by atoms with van der Waals surface area (Å²) in [7, 11) is 0. The molecule has 2 nitrogen and oxygen atoms in total. The molecule has 0 amide bonds. The number of benzene rings is 1. The Balaban J connectivity index is 2.92. The first kappa shape index (κ1) is 9.69. The van der Waals surface area contributed by atoms with Crippen molar-refractivity contribution >= 4 is 0 Å². The second kappa shape index (κ2) is 4.58. The third-order valence-corrected chi connectivity index (χ3v) is 1.75. The van der Waals surface area contributed by atoms with Gasteiger partial charge in [0.25, 0.3) is 0 Å². The predicted molar refractivity (Wildman–Crippen MR) is 48.4 cm³/mol. The largest absolute Gasteiger partial charge is 0.298 e. The molecule has 0 fully saturated rings. The highest BCUT2D eigenvalue weighted by Crippen LogP contribution is 2.15. The molecule has 1 rings (SSSR count). The quantitative estimate of drug-likeness (QED) is 0.768. The predicted octanol–water partition coefficient (Wildman–Crippen LogP) is 2.00. The second-order valence-electron chi connectivity index (χ2n) is 2.64. The lowest BCUT2D eigenvalue weighted by Crippen LogP contribution is -2.20. The molecule has 0 aliphatic carbocycles. The normalized spacial score (nSPS) is 12.1. The molecule has 3 heteroatoms. The highest BCUT2D eigenvalue weighted by Gasteiger charge is 2.12. The zero-order valence-corrected chi connectivity index (χ0v) is 7.42. The van der Waals surface area contributed by atoms with E-state index in [0.29, 0.717) is 12.1 Å². The van der Waals surface area contributed by atoms with Crippen molar-refractivity contribution in [1.82, 2.24) is 5.32 Å². The third kappa shape index (κ3) is 2.27. The SMILES string of the molecule is CCNC(C#N)c1ccccc1F. The maximum atomic E-state index is 13.2. The lowest BCUT2D eigenvalue weighted by atomic mass is 10.1. The Morgan fingerprint density at radius 2 is 2.23 bits per heavy atom. The molecule has 0 radical (unpaired) electrons. The molecule has 1 N–H and O–H groups in total. The van der Waals surface area contributed by atoms with Crippen molar-refractivity contribution in [2.24, 2.45) is 0 Å². The van der Waals surface area contributed by atoms with Crippen molar-refractivity contribution in [3.05, 3.63) is 35.6 Å². The van der Waals surface area contributed by atoms with Crippen LogP contribution in [0.2, 0.25) is 0 Å². The Morgan fingerprint density at radius 1 is 1.54 bits per heavy atom. The molecular formula is C10H11FN2. The number of nitriles is 1. The van der Waals surface area contributed by atoms with Crippen LogP contribution in [0.1, 0.15) is 18.5 Å². The minimum Gasteiger partial charge on any atom is -0.298 e. The van der Waals surface area contributed by atoms with Crippen LogP contribution in [0.25, 0.3) is 0 Å². The molecule has 0 aromatic heterocycles. The van der Waals surface area contributed by atoms with Gasteiger partial charge in [0.05, 0.1) is 6.07 Å². The zero-order chi connectivity index (χ0) is 9.68. The average molecular weight is 178 g/mol. The lowest BCUT2D eigenvalue weighted by Gasteiger charge is -2.10. The van der Waals surface area contributed by atoms with Crippen molar-refractivity contribution in [3.8, 4) is 6.07 Å². The molecule has 0 saturated carbocycles. The van der Waals surface area contributed by atoms with E-state index in [1.165, 1.54) is 6.07 Å². The third-order valence-electron chi connectivity index (χ3n) is 1.75. The summed E-state index contributed by atoms with van der Waals surface area (Å²) < 4.78 is 13.2. The van der Waals surface area contributed by atoms with Gasteiger partial charge in [-0.25, -0.2) is 4.39 Å². The van der Waals surface area contributed by atoms with Gasteiger partial charge < -0.3 is 0 Å². The Labute approximate surface area is 77.0 Å². The van der Waals surface area contributed by atoms with Gasteiger partial charge in [-0.3, -0.25) is 5.32 Å². The van der Waals surface area contributed by atoms with Gasteiger partial charge in [0.1, 0.15) is 11.9 Å². The van der Waals surface area contributed by atoms with Gasteiger partial charge in [-0.1, -0.05) is 25.1 Å². The van der Waals surface area contributed by atoms with Crippen molar-refractivity contribution in [2.45, 2.75) is 13.0 Å². The fourth-order valence-electron chi connectivity index (χ4n) is 1.14. The summed E-state index contributed by atoms with van der Waals surface area (Å²) in [5.74, 6) is -0.338. The first-order valence-electron chi connectivity index (χ1n) is 4.17. The lowest BCUT2D eigenvalue weighted by molar-refractivity contribution is 0.571. The van der Waals surface area contributed by atoms with Crippen LogP contribution in [-0.4, -0.2) is 6.54 Å². The van der Waals surface area contributed by atoms with E-state index in [0.717, 1.165) is 0 Å². The Morgan fingerprint density at radius 3 is 2.77 bits per heavy atom. The van der Waals surface area contributed by atoms with Gasteiger partial charge in [-0.2, -0.15) is 5.26 Å². The van der Waals surface area contributed by atoms with E-state index in [1.54, 1.807) is 18.2 Å². The molecule has 1 unspecified atom stereocenters. The van der Waals surface area contributed by atoms with Gasteiger partial charge in [-0.05, 0) is 12.6 Å². The van der Waals surface area contributed by atoms with Crippen LogP contribution in [-0.2, 0) is 0 Å². The summed E-state index contributed by atoms with van der Waals surface area (Å²) in [6.07, 6.45) is 0. The fraction of sp³-hybridized carbons (Fsp3) is 0.300. The van der Waals surface area contributed by atoms with Crippen molar-refractivity contribution in [2.75, 3.05) is 6.54 Å². The summed E-state index contributed by atoms with van der Waals surface area (Å²) in [5, 5.41) is 11.6. The second-order valence-corrected chi connectivity index (χ2v) is 2.64. The molecule has 1 aromatic rings. The van der Waals surface area contributed by atoms with E-state index < -0.39 is 6.04 Å². The van der Waals surface area contributed by atoms with Crippen LogP contribution in [0.4, 0.5) is 4.39 Å². The molecule has 0 spiro atoms. The van der Waals surface area contributed by atoms with E-state index in [-0.39, 0.29) is 5.82 Å². The summed E-state index contributed by atoms with van der Waals surface area (Å²) in [6, 6.07) is 7.77. The van der Waals surface area contributed by atoms with Crippen molar-refractivity contribution in [3.63, 3.8) is 0 Å². The molecule has 1 aromatic carbocycles. The Kier molecular flexibility index (Phi) is 3.41. The van der Waals surface area contributed by atoms with Crippen LogP contribution in [0.3, 0.4) is 0 Å². The Bertz CT molecular complexity index is 317. The highest BCUT2D eigenvalue weighted by atomic mass is 19.1. The molecule has 1 atom stereocenters. The topological polar surface area (TPSA) is 35.8 Å². The molecular weight excluding hydrogens is 167 g/mol. The summed E-state index contributed by atoms with van der Waals surface area (Å²) in [6.45, 7) is 2.53. The van der Waals surface area contributed by atoms with Gasteiger partial charge >= 0.3 is 0 Å². The Hall–Kier alpha value is -1.40. The molecule has 0 aliphatic heterocycles. The fourth-order valence-corrected chi connectivity index (χ4v) is 1.14. The first-order chi connectivity index (χ1) is 6.29. The monoisotopic (exact) mass is 178 g/mol. The van der Waals surface area contributed by atoms with Gasteiger partial charge in [0, 0.05) is 5.56 Å². The van der Waals surface area contributed by atoms with Gasteiger partial charge in [0.15, 0.2) is 0 Å². The minimum atomic E-state index is -0.550. The van der Waals surface area contributed by atoms with E-state index in [2.05, 4.69) is 5.32 Å². The highest BCUT2D eigenvalue weighted by molar-refractivity contribution is 5.25. The summed E-state index contributed by atoms with van der Waals surface area (Å²) >= 11 is 0. The van der Waals surface area contributed by atoms with Crippen LogP contribution in [0.5, 0.6) is 0 Å². The zero-order valence-electron chi connectivity index (χ0n) is 7.42. The molecule has 0 aliphatic rings. The van der Waals surface area contributed by atoms with Crippen molar-refractivity contribution in [1.29, 1.82) is 5.26 Å². The first-order valence-corrected chi connectivity index (χ1v) is 4.17. The maximum Gasteiger partial charge on any atom is 0.129 e. The van der Waals surface area contributed by atoms with Crippen LogP contribution in [0.15, 0.2) is 24.3 Å². The van der Waals surface area contributed by atoms with E-state index in [4.69, 9.17) is 5.26 Å². The number of hydrogen-bond acceptors (Lipinski definition) is 2. The summed E-state index contributed by atoms with van der Waals surface area (Å²) in [4.78, 5) is 0. The molecule has 0 saturated heterocycles. The van der Waals surface area contributed by atoms with E-state index in [9.17, 15) is 4.39 Å². The average Bonchev–Trinajstić information content (AvgIpc) is 2.16. The van der Waals surface area contributed by atoms with Gasteiger partial charge in [0.2, 0.25) is 0 Å². The van der Waals surface area contributed by atoms with Crippen molar-refractivity contribution < 1.29 is 4.39 Å².